The van der Waals surface area contributed by atoms with Gasteiger partial charge in [0.2, 0.25) is 6.17 Å². The number of carboxylic acids is 1. The van der Waals surface area contributed by atoms with Gasteiger partial charge in [0, 0.05) is 5.56 Å². The number of nitrogens with two attached hydrogens (primary N) is 1. The van der Waals surface area contributed by atoms with E-state index >= 15 is 0 Å². The van der Waals surface area contributed by atoms with E-state index in [0.29, 0.717) is 0 Å². The molecule has 21 heavy (non-hydrogen) atoms. The second kappa shape index (κ2) is 8.16. The van der Waals surface area contributed by atoms with Gasteiger partial charge in [-0.25, -0.2) is 14.0 Å². The van der Waals surface area contributed by atoms with Crippen molar-refractivity contribution in [2.75, 3.05) is 6.61 Å². The summed E-state index contributed by atoms with van der Waals surface area (Å²) < 4.78 is 18.4. The van der Waals surface area contributed by atoms with Crippen LogP contribution in [0.1, 0.15) is 28.9 Å². The Labute approximate surface area is 134 Å². The molecule has 0 aliphatic carbocycles. The molecule has 0 saturated heterocycles. The van der Waals surface area contributed by atoms with E-state index in [-0.39, 0.29) is 34.6 Å². The van der Waals surface area contributed by atoms with Crippen LogP contribution in [0.25, 0.3) is 0 Å². The fourth-order valence-corrected chi connectivity index (χ4v) is 2.00. The molecule has 2 atom stereocenters. The molecule has 1 unspecified atom stereocenters. The van der Waals surface area contributed by atoms with Crippen LogP contribution in [-0.4, -0.2) is 34.9 Å². The number of hydrogen-bond donors (Lipinski definition) is 3. The summed E-state index contributed by atoms with van der Waals surface area (Å²) in [5.41, 5.74) is 5.16. The summed E-state index contributed by atoms with van der Waals surface area (Å²) in [5, 5.41) is 18.7. The zero-order valence-corrected chi connectivity index (χ0v) is 13.3. The van der Waals surface area contributed by atoms with Crippen LogP contribution in [0.4, 0.5) is 4.39 Å². The molecule has 0 aliphatic heterocycles. The first-order valence-electron chi connectivity index (χ1n) is 5.61. The lowest BCUT2D eigenvalue weighted by molar-refractivity contribution is -0.149. The summed E-state index contributed by atoms with van der Waals surface area (Å²) in [6.07, 6.45) is -2.21. The van der Waals surface area contributed by atoms with Gasteiger partial charge in [-0.2, -0.15) is 0 Å². The van der Waals surface area contributed by atoms with E-state index in [9.17, 15) is 19.1 Å². The third kappa shape index (κ3) is 4.55. The fraction of sp³-hybridized carbons (Fsp3) is 0.333. The molecule has 4 N–H and O–H groups in total. The summed E-state index contributed by atoms with van der Waals surface area (Å²) in [5.74, 6) is -2.86. The van der Waals surface area contributed by atoms with Crippen LogP contribution in [-0.2, 0) is 9.53 Å². The number of rotatable bonds is 5. The molecule has 0 bridgehead atoms. The van der Waals surface area contributed by atoms with Gasteiger partial charge >= 0.3 is 11.9 Å². The third-order valence-electron chi connectivity index (χ3n) is 2.53. The standard InChI is InChI=1S/C12H13BrFNO5.ClH/c1-2-20-12(19)8(14)9(15)6-3-5(11(17)18)4-7(13)10(6)16;/h3-4,8-9,16H,2,15H2,1H3,(H,17,18);1H/t8?,9-;/m1./s1. The quantitative estimate of drug-likeness (QED) is 0.669. The van der Waals surface area contributed by atoms with E-state index in [2.05, 4.69) is 20.7 Å². The number of alkyl halides is 1. The Kier molecular flexibility index (Phi) is 7.62. The molecule has 6 nitrogen and oxygen atoms in total. The normalized spacial score (nSPS) is 13.0. The SMILES string of the molecule is CCOC(=O)C(F)[C@H](N)c1cc(C(=O)O)cc(Br)c1O.Cl. The highest BCUT2D eigenvalue weighted by molar-refractivity contribution is 9.10. The van der Waals surface area contributed by atoms with E-state index < -0.39 is 29.9 Å². The predicted molar refractivity (Wildman–Crippen MR) is 78.5 cm³/mol. The van der Waals surface area contributed by atoms with Gasteiger partial charge < -0.3 is 20.7 Å². The van der Waals surface area contributed by atoms with Crippen LogP contribution < -0.4 is 5.73 Å². The minimum Gasteiger partial charge on any atom is -0.506 e. The topological polar surface area (TPSA) is 110 Å². The third-order valence-corrected chi connectivity index (χ3v) is 3.13. The van der Waals surface area contributed by atoms with Crippen molar-refractivity contribution in [3.05, 3.63) is 27.7 Å². The van der Waals surface area contributed by atoms with Crippen molar-refractivity contribution >= 4 is 40.3 Å². The molecule has 0 amide bonds. The van der Waals surface area contributed by atoms with Crippen molar-refractivity contribution in [2.45, 2.75) is 19.1 Å². The molecule has 1 rings (SSSR count). The van der Waals surface area contributed by atoms with E-state index in [1.165, 1.54) is 6.92 Å². The van der Waals surface area contributed by atoms with Crippen molar-refractivity contribution in [2.24, 2.45) is 5.73 Å². The molecular formula is C12H14BrClFNO5. The first-order chi connectivity index (χ1) is 9.29. The van der Waals surface area contributed by atoms with Crippen molar-refractivity contribution in [3.8, 4) is 5.75 Å². The lowest BCUT2D eigenvalue weighted by Crippen LogP contribution is -2.31. The Morgan fingerprint density at radius 3 is 2.52 bits per heavy atom. The van der Waals surface area contributed by atoms with Gasteiger partial charge in [0.15, 0.2) is 0 Å². The monoisotopic (exact) mass is 385 g/mol. The number of esters is 1. The van der Waals surface area contributed by atoms with Crippen LogP contribution in [0.5, 0.6) is 5.75 Å². The molecule has 0 fully saturated rings. The van der Waals surface area contributed by atoms with Crippen LogP contribution in [0.3, 0.4) is 0 Å². The number of aromatic hydroxyl groups is 1. The molecule has 9 heteroatoms. The summed E-state index contributed by atoms with van der Waals surface area (Å²) in [6, 6.07) is 0.620. The molecule has 0 saturated carbocycles. The summed E-state index contributed by atoms with van der Waals surface area (Å²) in [6.45, 7) is 1.49. The molecule has 0 aromatic heterocycles. The number of phenols is 1. The highest BCUT2D eigenvalue weighted by Gasteiger charge is 2.30. The number of aromatic carboxylic acids is 1. The second-order valence-corrected chi connectivity index (χ2v) is 4.73. The maximum absolute atomic E-state index is 13.8. The van der Waals surface area contributed by atoms with Gasteiger partial charge in [0.05, 0.1) is 22.7 Å². The molecule has 118 valence electrons. The maximum atomic E-state index is 13.8. The van der Waals surface area contributed by atoms with Gasteiger partial charge in [0.1, 0.15) is 5.75 Å². The van der Waals surface area contributed by atoms with Gasteiger partial charge in [-0.1, -0.05) is 0 Å². The molecule has 0 heterocycles. The molecule has 0 radical (unpaired) electrons. The molecule has 1 aromatic rings. The highest BCUT2D eigenvalue weighted by atomic mass is 79.9. The molecule has 0 aliphatic rings. The average Bonchev–Trinajstić information content (AvgIpc) is 2.40. The van der Waals surface area contributed by atoms with Gasteiger partial charge in [-0.3, -0.25) is 0 Å². The lowest BCUT2D eigenvalue weighted by Gasteiger charge is -2.18. The summed E-state index contributed by atoms with van der Waals surface area (Å²) in [7, 11) is 0. The Hall–Kier alpha value is -1.38. The number of halogens is 3. The summed E-state index contributed by atoms with van der Waals surface area (Å²) in [4.78, 5) is 22.2. The zero-order chi connectivity index (χ0) is 15.4. The van der Waals surface area contributed by atoms with Gasteiger partial charge in [-0.15, -0.1) is 12.4 Å². The van der Waals surface area contributed by atoms with Crippen molar-refractivity contribution in [1.82, 2.24) is 0 Å². The average molecular weight is 387 g/mol. The number of carbonyl (C=O) groups excluding carboxylic acids is 1. The second-order valence-electron chi connectivity index (χ2n) is 3.88. The number of carbonyl (C=O) groups is 2. The number of ether oxygens (including phenoxy) is 1. The Morgan fingerprint density at radius 2 is 2.05 bits per heavy atom. The first kappa shape index (κ1) is 19.6. The van der Waals surface area contributed by atoms with Crippen LogP contribution in [0.15, 0.2) is 16.6 Å². The largest absolute Gasteiger partial charge is 0.506 e. The first-order valence-corrected chi connectivity index (χ1v) is 6.40. The highest BCUT2D eigenvalue weighted by Crippen LogP contribution is 2.34. The number of hydrogen-bond acceptors (Lipinski definition) is 5. The van der Waals surface area contributed by atoms with Crippen LogP contribution in [0, 0.1) is 0 Å². The molecule has 0 spiro atoms. The van der Waals surface area contributed by atoms with Crippen molar-refractivity contribution in [1.29, 1.82) is 0 Å². The minimum absolute atomic E-state index is 0. The van der Waals surface area contributed by atoms with Crippen molar-refractivity contribution in [3.63, 3.8) is 0 Å². The lowest BCUT2D eigenvalue weighted by atomic mass is 9.99. The van der Waals surface area contributed by atoms with Crippen LogP contribution in [0.2, 0.25) is 0 Å². The fourth-order valence-electron chi connectivity index (χ4n) is 1.52. The Balaban J connectivity index is 0.00000400. The number of carboxylic acid groups (broad SMARTS) is 1. The van der Waals surface area contributed by atoms with E-state index in [0.717, 1.165) is 12.1 Å². The van der Waals surface area contributed by atoms with E-state index in [1.807, 2.05) is 0 Å². The maximum Gasteiger partial charge on any atom is 0.342 e. The Bertz CT molecular complexity index is 543. The molecule has 1 aromatic carbocycles. The van der Waals surface area contributed by atoms with Crippen LogP contribution >= 0.6 is 28.3 Å². The van der Waals surface area contributed by atoms with E-state index in [4.69, 9.17) is 10.8 Å². The van der Waals surface area contributed by atoms with E-state index in [1.54, 1.807) is 0 Å². The smallest absolute Gasteiger partial charge is 0.342 e. The minimum atomic E-state index is -2.21. The summed E-state index contributed by atoms with van der Waals surface area (Å²) >= 11 is 2.94. The Morgan fingerprint density at radius 1 is 1.48 bits per heavy atom. The van der Waals surface area contributed by atoms with Gasteiger partial charge in [0.25, 0.3) is 0 Å². The number of benzene rings is 1. The molecular weight excluding hydrogens is 372 g/mol. The predicted octanol–water partition coefficient (Wildman–Crippen LogP) is 2.18. The zero-order valence-electron chi connectivity index (χ0n) is 10.9. The van der Waals surface area contributed by atoms with Crippen molar-refractivity contribution < 1.29 is 28.9 Å². The number of phenolic OH excluding ortho intramolecular Hbond substituents is 1. The van der Waals surface area contributed by atoms with Gasteiger partial charge in [-0.05, 0) is 35.0 Å².